The van der Waals surface area contributed by atoms with E-state index in [1.165, 1.54) is 0 Å². The van der Waals surface area contributed by atoms with E-state index in [-0.39, 0.29) is 5.78 Å². The minimum absolute atomic E-state index is 0.264. The fourth-order valence-corrected chi connectivity index (χ4v) is 2.19. The van der Waals surface area contributed by atoms with Gasteiger partial charge >= 0.3 is 0 Å². The first-order valence-corrected chi connectivity index (χ1v) is 5.91. The second-order valence-electron chi connectivity index (χ2n) is 4.66. The molecule has 1 aromatic heterocycles. The summed E-state index contributed by atoms with van der Waals surface area (Å²) >= 11 is 0. The molecule has 1 aliphatic carbocycles. The fraction of sp³-hybridized carbons (Fsp3) is 0.667. The van der Waals surface area contributed by atoms with Crippen molar-refractivity contribution in [3.8, 4) is 0 Å². The predicted molar refractivity (Wildman–Crippen MR) is 62.7 cm³/mol. The van der Waals surface area contributed by atoms with Gasteiger partial charge in [-0.05, 0) is 39.9 Å². The van der Waals surface area contributed by atoms with Gasteiger partial charge in [0.05, 0.1) is 11.8 Å². The summed E-state index contributed by atoms with van der Waals surface area (Å²) in [5, 5.41) is 4.32. The maximum absolute atomic E-state index is 11.6. The number of Topliss-reactive ketones (excluding diaryl/α,β-unsaturated/α-hetero) is 1. The lowest BCUT2D eigenvalue weighted by Gasteiger charge is -2.14. The summed E-state index contributed by atoms with van der Waals surface area (Å²) in [6, 6.07) is 0. The van der Waals surface area contributed by atoms with Crippen LogP contribution in [0, 0.1) is 0 Å². The lowest BCUT2D eigenvalue weighted by molar-refractivity contribution is 0.0971. The lowest BCUT2D eigenvalue weighted by atomic mass is 9.97. The minimum atomic E-state index is 0.264. The van der Waals surface area contributed by atoms with Crippen LogP contribution in [0.3, 0.4) is 0 Å². The highest BCUT2D eigenvalue weighted by molar-refractivity contribution is 5.97. The number of carbonyl (C=O) groups is 1. The second-order valence-corrected chi connectivity index (χ2v) is 4.66. The predicted octanol–water partition coefficient (Wildman–Crippen LogP) is 1.35. The Morgan fingerprint density at radius 3 is 3.00 bits per heavy atom. The van der Waals surface area contributed by atoms with Crippen LogP contribution in [0.25, 0.3) is 0 Å². The van der Waals surface area contributed by atoms with Gasteiger partial charge in [-0.25, -0.2) is 0 Å². The zero-order chi connectivity index (χ0) is 11.5. The standard InChI is InChI=1S/C12H19N3O/c1-14(2)7-4-8-15-11-5-3-6-12(16)10(11)9-13-15/h9H,3-8H2,1-2H3. The monoisotopic (exact) mass is 221 g/mol. The number of rotatable bonds is 4. The quantitative estimate of drug-likeness (QED) is 0.770. The van der Waals surface area contributed by atoms with Crippen LogP contribution in [0.15, 0.2) is 6.20 Å². The van der Waals surface area contributed by atoms with E-state index in [4.69, 9.17) is 0 Å². The molecule has 1 aliphatic rings. The van der Waals surface area contributed by atoms with Gasteiger partial charge in [0.25, 0.3) is 0 Å². The van der Waals surface area contributed by atoms with Gasteiger partial charge in [-0.2, -0.15) is 5.10 Å². The van der Waals surface area contributed by atoms with Gasteiger partial charge in [0.15, 0.2) is 5.78 Å². The molecule has 0 unspecified atom stereocenters. The Balaban J connectivity index is 2.03. The van der Waals surface area contributed by atoms with Crippen molar-refractivity contribution >= 4 is 5.78 Å². The molecular formula is C12H19N3O. The molecular weight excluding hydrogens is 202 g/mol. The highest BCUT2D eigenvalue weighted by Crippen LogP contribution is 2.20. The molecule has 4 nitrogen and oxygen atoms in total. The summed E-state index contributed by atoms with van der Waals surface area (Å²) in [6.45, 7) is 1.98. The summed E-state index contributed by atoms with van der Waals surface area (Å²) in [5.74, 6) is 0.264. The van der Waals surface area contributed by atoms with Crippen molar-refractivity contribution in [3.05, 3.63) is 17.5 Å². The van der Waals surface area contributed by atoms with Crippen molar-refractivity contribution in [2.24, 2.45) is 0 Å². The van der Waals surface area contributed by atoms with Crippen LogP contribution in [0.1, 0.15) is 35.3 Å². The summed E-state index contributed by atoms with van der Waals surface area (Å²) in [7, 11) is 4.14. The van der Waals surface area contributed by atoms with E-state index in [0.717, 1.165) is 43.6 Å². The van der Waals surface area contributed by atoms with Crippen LogP contribution in [0.5, 0.6) is 0 Å². The number of aromatic nitrogens is 2. The maximum atomic E-state index is 11.6. The number of nitrogens with zero attached hydrogens (tertiary/aromatic N) is 3. The van der Waals surface area contributed by atoms with E-state index in [9.17, 15) is 4.79 Å². The third-order valence-corrected chi connectivity index (χ3v) is 3.04. The summed E-state index contributed by atoms with van der Waals surface area (Å²) in [4.78, 5) is 13.8. The molecule has 16 heavy (non-hydrogen) atoms. The van der Waals surface area contributed by atoms with Gasteiger partial charge < -0.3 is 4.90 Å². The van der Waals surface area contributed by atoms with Gasteiger partial charge in [0.2, 0.25) is 0 Å². The highest BCUT2D eigenvalue weighted by atomic mass is 16.1. The van der Waals surface area contributed by atoms with E-state index in [1.54, 1.807) is 6.20 Å². The number of carbonyl (C=O) groups excluding carboxylic acids is 1. The molecule has 0 radical (unpaired) electrons. The van der Waals surface area contributed by atoms with E-state index in [0.29, 0.717) is 6.42 Å². The zero-order valence-electron chi connectivity index (χ0n) is 10.1. The molecule has 0 saturated heterocycles. The highest BCUT2D eigenvalue weighted by Gasteiger charge is 2.21. The molecule has 1 heterocycles. The topological polar surface area (TPSA) is 38.1 Å². The molecule has 0 spiro atoms. The van der Waals surface area contributed by atoms with Gasteiger partial charge in [0.1, 0.15) is 0 Å². The Morgan fingerprint density at radius 2 is 2.25 bits per heavy atom. The van der Waals surface area contributed by atoms with Crippen molar-refractivity contribution in [1.82, 2.24) is 14.7 Å². The van der Waals surface area contributed by atoms with Crippen molar-refractivity contribution in [3.63, 3.8) is 0 Å². The molecule has 0 saturated carbocycles. The fourth-order valence-electron chi connectivity index (χ4n) is 2.19. The molecule has 88 valence electrons. The minimum Gasteiger partial charge on any atom is -0.309 e. The maximum Gasteiger partial charge on any atom is 0.166 e. The Kier molecular flexibility index (Phi) is 3.39. The average molecular weight is 221 g/mol. The SMILES string of the molecule is CN(C)CCCn1ncc2c1CCCC2=O. The van der Waals surface area contributed by atoms with Crippen LogP contribution in [0.4, 0.5) is 0 Å². The van der Waals surface area contributed by atoms with E-state index < -0.39 is 0 Å². The number of aryl methyl sites for hydroxylation is 1. The normalized spacial score (nSPS) is 15.6. The molecule has 0 atom stereocenters. The average Bonchev–Trinajstić information content (AvgIpc) is 2.63. The number of ketones is 1. The van der Waals surface area contributed by atoms with Gasteiger partial charge in [-0.1, -0.05) is 0 Å². The molecule has 0 amide bonds. The van der Waals surface area contributed by atoms with E-state index in [1.807, 2.05) is 4.68 Å². The first-order valence-electron chi connectivity index (χ1n) is 5.91. The zero-order valence-corrected chi connectivity index (χ0v) is 10.1. The number of hydrogen-bond donors (Lipinski definition) is 0. The number of fused-ring (bicyclic) bond motifs is 1. The first-order chi connectivity index (χ1) is 7.68. The Bertz CT molecular complexity index is 382. The Labute approximate surface area is 96.2 Å². The van der Waals surface area contributed by atoms with Crippen LogP contribution in [-0.2, 0) is 13.0 Å². The van der Waals surface area contributed by atoms with Crippen molar-refractivity contribution in [2.45, 2.75) is 32.2 Å². The Morgan fingerprint density at radius 1 is 1.44 bits per heavy atom. The van der Waals surface area contributed by atoms with Crippen LogP contribution in [-0.4, -0.2) is 41.1 Å². The second kappa shape index (κ2) is 4.78. The van der Waals surface area contributed by atoms with Gasteiger partial charge in [-0.15, -0.1) is 0 Å². The largest absolute Gasteiger partial charge is 0.309 e. The van der Waals surface area contributed by atoms with E-state index >= 15 is 0 Å². The third kappa shape index (κ3) is 2.32. The molecule has 4 heteroatoms. The molecule has 0 fully saturated rings. The van der Waals surface area contributed by atoms with Gasteiger partial charge in [-0.3, -0.25) is 9.48 Å². The van der Waals surface area contributed by atoms with Crippen molar-refractivity contribution in [1.29, 1.82) is 0 Å². The van der Waals surface area contributed by atoms with Crippen LogP contribution in [0.2, 0.25) is 0 Å². The summed E-state index contributed by atoms with van der Waals surface area (Å²) in [6.07, 6.45) is 5.49. The molecule has 1 aromatic rings. The number of hydrogen-bond acceptors (Lipinski definition) is 3. The summed E-state index contributed by atoms with van der Waals surface area (Å²) in [5.41, 5.74) is 2.01. The molecule has 0 aromatic carbocycles. The van der Waals surface area contributed by atoms with Crippen molar-refractivity contribution in [2.75, 3.05) is 20.6 Å². The van der Waals surface area contributed by atoms with Crippen LogP contribution < -0.4 is 0 Å². The lowest BCUT2D eigenvalue weighted by Crippen LogP contribution is -2.18. The molecule has 0 N–H and O–H groups in total. The summed E-state index contributed by atoms with van der Waals surface area (Å²) < 4.78 is 2.01. The third-order valence-electron chi connectivity index (χ3n) is 3.04. The van der Waals surface area contributed by atoms with E-state index in [2.05, 4.69) is 24.1 Å². The molecule has 2 rings (SSSR count). The Hall–Kier alpha value is -1.16. The van der Waals surface area contributed by atoms with Crippen LogP contribution >= 0.6 is 0 Å². The van der Waals surface area contributed by atoms with Crippen molar-refractivity contribution < 1.29 is 4.79 Å². The molecule has 0 bridgehead atoms. The first kappa shape index (κ1) is 11.3. The smallest absolute Gasteiger partial charge is 0.166 e. The molecule has 0 aliphatic heterocycles. The van der Waals surface area contributed by atoms with Gasteiger partial charge in [0, 0.05) is 18.7 Å².